The van der Waals surface area contributed by atoms with Crippen LogP contribution in [0.4, 0.5) is 0 Å². The van der Waals surface area contributed by atoms with Crippen LogP contribution in [0.15, 0.2) is 29.5 Å². The minimum Gasteiger partial charge on any atom is -0.357 e. The predicted octanol–water partition coefficient (Wildman–Crippen LogP) is 1.39. The Labute approximate surface area is 128 Å². The second kappa shape index (κ2) is 8.72. The fraction of sp³-hybridized carbons (Fsp3) is 0.688. The summed E-state index contributed by atoms with van der Waals surface area (Å²) in [5, 5.41) is 6.74. The maximum absolute atomic E-state index is 4.75. The molecule has 2 heterocycles. The van der Waals surface area contributed by atoms with Gasteiger partial charge < -0.3 is 20.1 Å². The van der Waals surface area contributed by atoms with Crippen LogP contribution >= 0.6 is 0 Å². The van der Waals surface area contributed by atoms with Crippen molar-refractivity contribution in [3.05, 3.63) is 24.5 Å². The molecule has 5 heteroatoms. The molecule has 1 atom stereocenters. The van der Waals surface area contributed by atoms with E-state index in [0.29, 0.717) is 5.92 Å². The number of hydrogen-bond acceptors (Lipinski definition) is 2. The smallest absolute Gasteiger partial charge is 0.191 e. The highest BCUT2D eigenvalue weighted by Gasteiger charge is 2.16. The summed E-state index contributed by atoms with van der Waals surface area (Å²) in [4.78, 5) is 7.16. The standard InChI is InChI=1S/C16H29N5/c1-3-17-16(18-8-12-21-10-4-5-11-21)19-13-15-7-6-9-20(2)14-15/h4-5,10-11,15H,3,6-9,12-14H2,1-2H3,(H2,17,18,19). The van der Waals surface area contributed by atoms with Crippen molar-refractivity contribution in [2.45, 2.75) is 26.3 Å². The van der Waals surface area contributed by atoms with Crippen LogP contribution in [-0.4, -0.2) is 55.2 Å². The first-order chi connectivity index (χ1) is 10.3. The van der Waals surface area contributed by atoms with E-state index >= 15 is 0 Å². The third-order valence-corrected chi connectivity index (χ3v) is 3.90. The lowest BCUT2D eigenvalue weighted by Gasteiger charge is -2.28. The van der Waals surface area contributed by atoms with Crippen LogP contribution < -0.4 is 10.6 Å². The van der Waals surface area contributed by atoms with E-state index < -0.39 is 0 Å². The van der Waals surface area contributed by atoms with E-state index in [0.717, 1.165) is 32.1 Å². The van der Waals surface area contributed by atoms with Crippen LogP contribution in [0, 0.1) is 5.92 Å². The number of hydrogen-bond donors (Lipinski definition) is 2. The zero-order valence-electron chi connectivity index (χ0n) is 13.4. The lowest BCUT2D eigenvalue weighted by atomic mass is 9.99. The van der Waals surface area contributed by atoms with Crippen LogP contribution in [0.1, 0.15) is 19.8 Å². The lowest BCUT2D eigenvalue weighted by molar-refractivity contribution is 0.214. The fourth-order valence-electron chi connectivity index (χ4n) is 2.81. The van der Waals surface area contributed by atoms with Gasteiger partial charge in [-0.2, -0.15) is 0 Å². The van der Waals surface area contributed by atoms with Gasteiger partial charge in [0.1, 0.15) is 0 Å². The molecule has 0 spiro atoms. The van der Waals surface area contributed by atoms with Crippen LogP contribution in [0.2, 0.25) is 0 Å². The maximum Gasteiger partial charge on any atom is 0.191 e. The largest absolute Gasteiger partial charge is 0.357 e. The topological polar surface area (TPSA) is 44.6 Å². The summed E-state index contributed by atoms with van der Waals surface area (Å²) in [6.07, 6.45) is 6.78. The molecule has 1 aliphatic rings. The number of guanidine groups is 1. The Balaban J connectivity index is 1.75. The number of aromatic nitrogens is 1. The van der Waals surface area contributed by atoms with E-state index in [1.807, 2.05) is 0 Å². The van der Waals surface area contributed by atoms with Crippen molar-refractivity contribution in [3.63, 3.8) is 0 Å². The third-order valence-electron chi connectivity index (χ3n) is 3.90. The predicted molar refractivity (Wildman–Crippen MR) is 88.6 cm³/mol. The normalized spacial score (nSPS) is 20.5. The fourth-order valence-corrected chi connectivity index (χ4v) is 2.81. The molecular weight excluding hydrogens is 262 g/mol. The molecular formula is C16H29N5. The summed E-state index contributed by atoms with van der Waals surface area (Å²) in [7, 11) is 2.20. The molecule has 1 unspecified atom stereocenters. The van der Waals surface area contributed by atoms with Crippen molar-refractivity contribution in [3.8, 4) is 0 Å². The second-order valence-electron chi connectivity index (χ2n) is 5.84. The van der Waals surface area contributed by atoms with Crippen molar-refractivity contribution in [2.24, 2.45) is 10.9 Å². The van der Waals surface area contributed by atoms with Gasteiger partial charge in [0.05, 0.1) is 0 Å². The van der Waals surface area contributed by atoms with Crippen LogP contribution in [0.3, 0.4) is 0 Å². The molecule has 2 N–H and O–H groups in total. The Morgan fingerprint density at radius 3 is 2.81 bits per heavy atom. The van der Waals surface area contributed by atoms with E-state index in [9.17, 15) is 0 Å². The van der Waals surface area contributed by atoms with Crippen molar-refractivity contribution in [1.29, 1.82) is 0 Å². The lowest BCUT2D eigenvalue weighted by Crippen LogP contribution is -2.40. The first-order valence-corrected chi connectivity index (χ1v) is 8.09. The zero-order chi connectivity index (χ0) is 14.9. The number of likely N-dealkylation sites (tertiary alicyclic amines) is 1. The Bertz CT molecular complexity index is 412. The Morgan fingerprint density at radius 1 is 1.29 bits per heavy atom. The molecule has 1 aromatic rings. The summed E-state index contributed by atoms with van der Waals surface area (Å²) >= 11 is 0. The van der Waals surface area contributed by atoms with E-state index in [-0.39, 0.29) is 0 Å². The van der Waals surface area contributed by atoms with E-state index in [1.165, 1.54) is 25.9 Å². The summed E-state index contributed by atoms with van der Waals surface area (Å²) in [6.45, 7) is 8.19. The third kappa shape index (κ3) is 5.79. The maximum atomic E-state index is 4.75. The van der Waals surface area contributed by atoms with Crippen molar-refractivity contribution in [1.82, 2.24) is 20.1 Å². The van der Waals surface area contributed by atoms with Gasteiger partial charge in [0.15, 0.2) is 5.96 Å². The number of piperidine rings is 1. The highest BCUT2D eigenvalue weighted by molar-refractivity contribution is 5.79. The van der Waals surface area contributed by atoms with Gasteiger partial charge in [0, 0.05) is 45.1 Å². The highest BCUT2D eigenvalue weighted by atomic mass is 15.2. The molecule has 21 heavy (non-hydrogen) atoms. The molecule has 1 aromatic heterocycles. The summed E-state index contributed by atoms with van der Waals surface area (Å²) in [6, 6.07) is 4.11. The van der Waals surface area contributed by atoms with E-state index in [1.54, 1.807) is 0 Å². The van der Waals surface area contributed by atoms with Gasteiger partial charge in [0.2, 0.25) is 0 Å². The summed E-state index contributed by atoms with van der Waals surface area (Å²) in [5.74, 6) is 1.64. The molecule has 0 aliphatic carbocycles. The van der Waals surface area contributed by atoms with Crippen molar-refractivity contribution >= 4 is 5.96 Å². The van der Waals surface area contributed by atoms with Gasteiger partial charge in [-0.1, -0.05) is 0 Å². The molecule has 118 valence electrons. The van der Waals surface area contributed by atoms with Gasteiger partial charge in [0.25, 0.3) is 0 Å². The Morgan fingerprint density at radius 2 is 2.10 bits per heavy atom. The second-order valence-corrected chi connectivity index (χ2v) is 5.84. The van der Waals surface area contributed by atoms with Gasteiger partial charge in [-0.15, -0.1) is 0 Å². The molecule has 0 bridgehead atoms. The number of rotatable bonds is 6. The number of nitrogens with one attached hydrogen (secondary N) is 2. The number of nitrogens with zero attached hydrogens (tertiary/aromatic N) is 3. The Hall–Kier alpha value is -1.49. The first-order valence-electron chi connectivity index (χ1n) is 8.09. The van der Waals surface area contributed by atoms with Gasteiger partial charge in [-0.25, -0.2) is 0 Å². The molecule has 0 saturated carbocycles. The number of aliphatic imine (C=N–C) groups is 1. The molecule has 0 radical (unpaired) electrons. The average molecular weight is 291 g/mol. The van der Waals surface area contributed by atoms with Crippen LogP contribution in [-0.2, 0) is 6.54 Å². The zero-order valence-corrected chi connectivity index (χ0v) is 13.4. The molecule has 0 aromatic carbocycles. The summed E-state index contributed by atoms with van der Waals surface area (Å²) in [5.41, 5.74) is 0. The quantitative estimate of drug-likeness (QED) is 0.615. The average Bonchev–Trinajstić information content (AvgIpc) is 2.98. The molecule has 0 amide bonds. The van der Waals surface area contributed by atoms with E-state index in [2.05, 4.69) is 58.6 Å². The van der Waals surface area contributed by atoms with Gasteiger partial charge in [-0.05, 0) is 51.4 Å². The van der Waals surface area contributed by atoms with Crippen molar-refractivity contribution < 1.29 is 0 Å². The first kappa shape index (κ1) is 15.9. The van der Waals surface area contributed by atoms with Crippen LogP contribution in [0.5, 0.6) is 0 Å². The van der Waals surface area contributed by atoms with Gasteiger partial charge >= 0.3 is 0 Å². The molecule has 5 nitrogen and oxygen atoms in total. The molecule has 1 fully saturated rings. The molecule has 1 saturated heterocycles. The SMILES string of the molecule is CCNC(=NCC1CCCN(C)C1)NCCn1cccc1. The molecule has 2 rings (SSSR count). The molecule has 1 aliphatic heterocycles. The minimum absolute atomic E-state index is 0.698. The van der Waals surface area contributed by atoms with E-state index in [4.69, 9.17) is 4.99 Å². The highest BCUT2D eigenvalue weighted by Crippen LogP contribution is 2.14. The monoisotopic (exact) mass is 291 g/mol. The van der Waals surface area contributed by atoms with Crippen LogP contribution in [0.25, 0.3) is 0 Å². The minimum atomic E-state index is 0.698. The summed E-state index contributed by atoms with van der Waals surface area (Å²) < 4.78 is 2.17. The van der Waals surface area contributed by atoms with Gasteiger partial charge in [-0.3, -0.25) is 4.99 Å². The Kier molecular flexibility index (Phi) is 6.60. The van der Waals surface area contributed by atoms with Crippen molar-refractivity contribution in [2.75, 3.05) is 39.8 Å².